The summed E-state index contributed by atoms with van der Waals surface area (Å²) in [4.78, 5) is 21.5. The number of amides is 1. The number of anilines is 1. The first kappa shape index (κ1) is 14.7. The van der Waals surface area contributed by atoms with Gasteiger partial charge in [-0.05, 0) is 30.9 Å². The summed E-state index contributed by atoms with van der Waals surface area (Å²) in [5.74, 6) is 0.860. The number of benzene rings is 1. The fourth-order valence-electron chi connectivity index (χ4n) is 2.93. The Kier molecular flexibility index (Phi) is 4.18. The van der Waals surface area contributed by atoms with Gasteiger partial charge in [0.25, 0.3) is 0 Å². The van der Waals surface area contributed by atoms with E-state index in [1.807, 2.05) is 0 Å². The van der Waals surface area contributed by atoms with Gasteiger partial charge in [0.05, 0.1) is 10.9 Å². The first-order chi connectivity index (χ1) is 10.6. The highest BCUT2D eigenvalue weighted by atomic mass is 19.1. The minimum Gasteiger partial charge on any atom is -0.356 e. The summed E-state index contributed by atoms with van der Waals surface area (Å²) in [6.45, 7) is 3.86. The van der Waals surface area contributed by atoms with E-state index in [2.05, 4.69) is 20.2 Å². The van der Waals surface area contributed by atoms with E-state index in [1.165, 1.54) is 19.3 Å². The van der Waals surface area contributed by atoms with Crippen LogP contribution in [0.1, 0.15) is 19.8 Å². The Morgan fingerprint density at radius 2 is 2.14 bits per heavy atom. The number of rotatable bonds is 3. The smallest absolute Gasteiger partial charge is 0.216 e. The highest BCUT2D eigenvalue weighted by Crippen LogP contribution is 2.28. The fraction of sp³-hybridized carbons (Fsp3) is 0.438. The van der Waals surface area contributed by atoms with E-state index in [-0.39, 0.29) is 11.7 Å². The summed E-state index contributed by atoms with van der Waals surface area (Å²) in [7, 11) is 0. The van der Waals surface area contributed by atoms with Gasteiger partial charge in [0.2, 0.25) is 5.91 Å². The van der Waals surface area contributed by atoms with Crippen LogP contribution in [0.4, 0.5) is 10.2 Å². The van der Waals surface area contributed by atoms with E-state index in [0.717, 1.165) is 25.9 Å². The highest BCUT2D eigenvalue weighted by molar-refractivity contribution is 5.89. The van der Waals surface area contributed by atoms with Gasteiger partial charge in [-0.1, -0.05) is 6.07 Å². The van der Waals surface area contributed by atoms with Gasteiger partial charge < -0.3 is 10.2 Å². The molecule has 3 rings (SSSR count). The van der Waals surface area contributed by atoms with Crippen molar-refractivity contribution < 1.29 is 9.18 Å². The SMILES string of the molecule is CC(=O)NCC1CCN(c2ncnc3cccc(F)c23)CC1. The maximum atomic E-state index is 14.1. The molecule has 0 saturated carbocycles. The lowest BCUT2D eigenvalue weighted by atomic mass is 9.96. The van der Waals surface area contributed by atoms with Crippen LogP contribution in [0.25, 0.3) is 10.9 Å². The molecule has 0 bridgehead atoms. The molecule has 22 heavy (non-hydrogen) atoms. The molecule has 0 atom stereocenters. The number of carbonyl (C=O) groups excluding carboxylic acids is 1. The second kappa shape index (κ2) is 6.25. The third kappa shape index (κ3) is 3.00. The lowest BCUT2D eigenvalue weighted by molar-refractivity contribution is -0.119. The molecule has 1 aliphatic rings. The Morgan fingerprint density at radius 1 is 1.36 bits per heavy atom. The van der Waals surface area contributed by atoms with Gasteiger partial charge in [0.1, 0.15) is 18.0 Å². The predicted molar refractivity (Wildman–Crippen MR) is 83.1 cm³/mol. The van der Waals surface area contributed by atoms with Gasteiger partial charge >= 0.3 is 0 Å². The van der Waals surface area contributed by atoms with Crippen LogP contribution in [0.3, 0.4) is 0 Å². The molecule has 116 valence electrons. The molecule has 2 aromatic rings. The number of nitrogens with one attached hydrogen (secondary N) is 1. The number of fused-ring (bicyclic) bond motifs is 1. The van der Waals surface area contributed by atoms with E-state index >= 15 is 0 Å². The number of nitrogens with zero attached hydrogens (tertiary/aromatic N) is 3. The molecule has 1 aliphatic heterocycles. The average Bonchev–Trinajstić information content (AvgIpc) is 2.53. The maximum Gasteiger partial charge on any atom is 0.216 e. The van der Waals surface area contributed by atoms with Crippen LogP contribution in [0, 0.1) is 11.7 Å². The van der Waals surface area contributed by atoms with Crippen LogP contribution in [0.5, 0.6) is 0 Å². The zero-order valence-corrected chi connectivity index (χ0v) is 12.6. The summed E-state index contributed by atoms with van der Waals surface area (Å²) < 4.78 is 14.1. The van der Waals surface area contributed by atoms with Crippen molar-refractivity contribution in [3.63, 3.8) is 0 Å². The molecule has 1 aromatic heterocycles. The molecule has 1 fully saturated rings. The van der Waals surface area contributed by atoms with Crippen molar-refractivity contribution in [2.24, 2.45) is 5.92 Å². The first-order valence-corrected chi connectivity index (χ1v) is 7.54. The summed E-state index contributed by atoms with van der Waals surface area (Å²) in [5, 5.41) is 3.36. The van der Waals surface area contributed by atoms with Gasteiger partial charge in [-0.2, -0.15) is 0 Å². The van der Waals surface area contributed by atoms with Gasteiger partial charge in [-0.25, -0.2) is 14.4 Å². The zero-order chi connectivity index (χ0) is 15.5. The second-order valence-corrected chi connectivity index (χ2v) is 5.70. The molecule has 1 amide bonds. The van der Waals surface area contributed by atoms with Crippen LogP contribution in [0.2, 0.25) is 0 Å². The van der Waals surface area contributed by atoms with Gasteiger partial charge in [0.15, 0.2) is 0 Å². The third-order valence-corrected chi connectivity index (χ3v) is 4.15. The minimum atomic E-state index is -0.284. The standard InChI is InChI=1S/C16H19FN4O/c1-11(22)18-9-12-5-7-21(8-6-12)16-15-13(17)3-2-4-14(15)19-10-20-16/h2-4,10,12H,5-9H2,1H3,(H,18,22). The Bertz CT molecular complexity index is 678. The molecule has 0 unspecified atom stereocenters. The van der Waals surface area contributed by atoms with Crippen molar-refractivity contribution in [3.8, 4) is 0 Å². The number of hydrogen-bond acceptors (Lipinski definition) is 4. The fourth-order valence-corrected chi connectivity index (χ4v) is 2.93. The quantitative estimate of drug-likeness (QED) is 0.943. The van der Waals surface area contributed by atoms with Gasteiger partial charge in [0, 0.05) is 26.6 Å². The van der Waals surface area contributed by atoms with Crippen molar-refractivity contribution in [1.82, 2.24) is 15.3 Å². The number of carbonyl (C=O) groups is 1. The van der Waals surface area contributed by atoms with Gasteiger partial charge in [-0.15, -0.1) is 0 Å². The van der Waals surface area contributed by atoms with Crippen molar-refractivity contribution in [2.75, 3.05) is 24.5 Å². The van der Waals surface area contributed by atoms with Crippen LogP contribution >= 0.6 is 0 Å². The number of aromatic nitrogens is 2. The van der Waals surface area contributed by atoms with Crippen LogP contribution in [-0.2, 0) is 4.79 Å². The predicted octanol–water partition coefficient (Wildman–Crippen LogP) is 2.12. The molecular weight excluding hydrogens is 283 g/mol. The first-order valence-electron chi connectivity index (χ1n) is 7.54. The van der Waals surface area contributed by atoms with E-state index in [9.17, 15) is 9.18 Å². The molecule has 2 heterocycles. The Labute approximate surface area is 128 Å². The Morgan fingerprint density at radius 3 is 2.86 bits per heavy atom. The summed E-state index contributed by atoms with van der Waals surface area (Å²) in [5.41, 5.74) is 0.630. The minimum absolute atomic E-state index is 0.00583. The van der Waals surface area contributed by atoms with Crippen LogP contribution < -0.4 is 10.2 Å². The Hall–Kier alpha value is -2.24. The molecule has 0 radical (unpaired) electrons. The van der Waals surface area contributed by atoms with Crippen molar-refractivity contribution in [1.29, 1.82) is 0 Å². The maximum absolute atomic E-state index is 14.1. The van der Waals surface area contributed by atoms with Crippen LogP contribution in [0.15, 0.2) is 24.5 Å². The molecule has 6 heteroatoms. The average molecular weight is 302 g/mol. The van der Waals surface area contributed by atoms with Crippen molar-refractivity contribution in [2.45, 2.75) is 19.8 Å². The molecule has 1 aromatic carbocycles. The largest absolute Gasteiger partial charge is 0.356 e. The summed E-state index contributed by atoms with van der Waals surface area (Å²) in [6, 6.07) is 4.90. The normalized spacial score (nSPS) is 16.0. The topological polar surface area (TPSA) is 58.1 Å². The summed E-state index contributed by atoms with van der Waals surface area (Å²) >= 11 is 0. The van der Waals surface area contributed by atoms with E-state index in [1.54, 1.807) is 12.1 Å². The van der Waals surface area contributed by atoms with E-state index in [4.69, 9.17) is 0 Å². The van der Waals surface area contributed by atoms with E-state index < -0.39 is 0 Å². The van der Waals surface area contributed by atoms with Crippen LogP contribution in [-0.4, -0.2) is 35.5 Å². The molecular formula is C16H19FN4O. The van der Waals surface area contributed by atoms with E-state index in [0.29, 0.717) is 29.2 Å². The van der Waals surface area contributed by atoms with Crippen molar-refractivity contribution in [3.05, 3.63) is 30.3 Å². The zero-order valence-electron chi connectivity index (χ0n) is 12.6. The molecule has 1 saturated heterocycles. The summed E-state index contributed by atoms with van der Waals surface area (Å²) in [6.07, 6.45) is 3.40. The molecule has 5 nitrogen and oxygen atoms in total. The highest BCUT2D eigenvalue weighted by Gasteiger charge is 2.22. The van der Waals surface area contributed by atoms with Crippen molar-refractivity contribution >= 4 is 22.6 Å². The number of hydrogen-bond donors (Lipinski definition) is 1. The molecule has 0 aliphatic carbocycles. The number of halogens is 1. The Balaban J connectivity index is 1.75. The lowest BCUT2D eigenvalue weighted by Crippen LogP contribution is -2.38. The third-order valence-electron chi connectivity index (χ3n) is 4.15. The lowest BCUT2D eigenvalue weighted by Gasteiger charge is -2.33. The second-order valence-electron chi connectivity index (χ2n) is 5.70. The molecule has 0 spiro atoms. The van der Waals surface area contributed by atoms with Gasteiger partial charge in [-0.3, -0.25) is 4.79 Å². The monoisotopic (exact) mass is 302 g/mol. The number of piperidine rings is 1. The molecule has 1 N–H and O–H groups in total.